The molecule has 0 aliphatic heterocycles. The van der Waals surface area contributed by atoms with Crippen LogP contribution < -0.4 is 10.6 Å². The summed E-state index contributed by atoms with van der Waals surface area (Å²) in [5.74, 6) is 0.688. The molecule has 0 amide bonds. The SMILES string of the molecule is S=C(Nc1ncc(Cl)cc1Br)NC1CCCCC1. The summed E-state index contributed by atoms with van der Waals surface area (Å²) in [6.07, 6.45) is 7.88. The minimum Gasteiger partial charge on any atom is -0.360 e. The van der Waals surface area contributed by atoms with Crippen LogP contribution in [-0.4, -0.2) is 16.1 Å². The molecule has 1 aliphatic carbocycles. The van der Waals surface area contributed by atoms with E-state index in [-0.39, 0.29) is 0 Å². The Labute approximate surface area is 126 Å². The van der Waals surface area contributed by atoms with E-state index in [1.807, 2.05) is 0 Å². The minimum absolute atomic E-state index is 0.491. The normalized spacial score (nSPS) is 16.3. The molecular weight excluding hydrogens is 334 g/mol. The van der Waals surface area contributed by atoms with E-state index in [1.54, 1.807) is 12.3 Å². The second kappa shape index (κ2) is 6.68. The Morgan fingerprint density at radius 3 is 2.78 bits per heavy atom. The quantitative estimate of drug-likeness (QED) is 0.788. The first-order valence-electron chi connectivity index (χ1n) is 6.04. The molecule has 0 radical (unpaired) electrons. The lowest BCUT2D eigenvalue weighted by Gasteiger charge is -2.24. The van der Waals surface area contributed by atoms with E-state index in [4.69, 9.17) is 23.8 Å². The number of aromatic nitrogens is 1. The molecule has 6 heteroatoms. The molecule has 0 atom stereocenters. The molecule has 2 N–H and O–H groups in total. The number of anilines is 1. The lowest BCUT2D eigenvalue weighted by Crippen LogP contribution is -2.39. The number of hydrogen-bond donors (Lipinski definition) is 2. The summed E-state index contributed by atoms with van der Waals surface area (Å²) in [5.41, 5.74) is 0. The molecule has 98 valence electrons. The van der Waals surface area contributed by atoms with Gasteiger partial charge in [-0.2, -0.15) is 0 Å². The van der Waals surface area contributed by atoms with Crippen LogP contribution in [0.25, 0.3) is 0 Å². The Kier molecular flexibility index (Phi) is 5.21. The lowest BCUT2D eigenvalue weighted by molar-refractivity contribution is 0.415. The number of rotatable bonds is 2. The Morgan fingerprint density at radius 1 is 1.39 bits per heavy atom. The van der Waals surface area contributed by atoms with E-state index in [9.17, 15) is 0 Å². The smallest absolute Gasteiger partial charge is 0.172 e. The summed E-state index contributed by atoms with van der Waals surface area (Å²) in [6, 6.07) is 2.28. The topological polar surface area (TPSA) is 37.0 Å². The third kappa shape index (κ3) is 4.07. The van der Waals surface area contributed by atoms with Crippen molar-refractivity contribution in [2.45, 2.75) is 38.1 Å². The zero-order chi connectivity index (χ0) is 13.0. The van der Waals surface area contributed by atoms with Gasteiger partial charge in [0.05, 0.1) is 9.50 Å². The third-order valence-corrected chi connectivity index (χ3v) is 4.01. The molecule has 1 fully saturated rings. The molecular formula is C12H15BrClN3S. The van der Waals surface area contributed by atoms with Crippen molar-refractivity contribution in [1.82, 2.24) is 10.3 Å². The second-order valence-corrected chi connectivity index (χ2v) is 6.12. The molecule has 18 heavy (non-hydrogen) atoms. The highest BCUT2D eigenvalue weighted by atomic mass is 79.9. The van der Waals surface area contributed by atoms with Gasteiger partial charge < -0.3 is 10.6 Å². The van der Waals surface area contributed by atoms with Crippen molar-refractivity contribution in [3.05, 3.63) is 21.8 Å². The van der Waals surface area contributed by atoms with E-state index in [0.717, 1.165) is 4.47 Å². The van der Waals surface area contributed by atoms with Crippen LogP contribution >= 0.6 is 39.7 Å². The maximum Gasteiger partial charge on any atom is 0.172 e. The van der Waals surface area contributed by atoms with Crippen molar-refractivity contribution < 1.29 is 0 Å². The van der Waals surface area contributed by atoms with Gasteiger partial charge in [-0.3, -0.25) is 0 Å². The summed E-state index contributed by atoms with van der Waals surface area (Å²) in [6.45, 7) is 0. The molecule has 1 aliphatic rings. The Morgan fingerprint density at radius 2 is 2.11 bits per heavy atom. The van der Waals surface area contributed by atoms with Crippen LogP contribution in [0.1, 0.15) is 32.1 Å². The monoisotopic (exact) mass is 347 g/mol. The van der Waals surface area contributed by atoms with Crippen molar-refractivity contribution in [2.24, 2.45) is 0 Å². The Hall–Kier alpha value is -0.390. The van der Waals surface area contributed by atoms with Crippen LogP contribution in [0.15, 0.2) is 16.7 Å². The van der Waals surface area contributed by atoms with E-state index in [0.29, 0.717) is 22.0 Å². The van der Waals surface area contributed by atoms with Crippen LogP contribution in [0.4, 0.5) is 5.82 Å². The maximum absolute atomic E-state index is 5.84. The van der Waals surface area contributed by atoms with Crippen LogP contribution in [0.5, 0.6) is 0 Å². The van der Waals surface area contributed by atoms with Crippen molar-refractivity contribution in [2.75, 3.05) is 5.32 Å². The second-order valence-electron chi connectivity index (χ2n) is 4.42. The van der Waals surface area contributed by atoms with Gasteiger partial charge in [0.2, 0.25) is 0 Å². The summed E-state index contributed by atoms with van der Waals surface area (Å²) in [5, 5.41) is 7.64. The van der Waals surface area contributed by atoms with Crippen LogP contribution in [0.2, 0.25) is 5.02 Å². The average molecular weight is 349 g/mol. The highest BCUT2D eigenvalue weighted by molar-refractivity contribution is 9.10. The molecule has 3 nitrogen and oxygen atoms in total. The first-order valence-corrected chi connectivity index (χ1v) is 7.61. The average Bonchev–Trinajstić information content (AvgIpc) is 2.34. The van der Waals surface area contributed by atoms with Crippen LogP contribution in [0.3, 0.4) is 0 Å². The fourth-order valence-corrected chi connectivity index (χ4v) is 3.08. The third-order valence-electron chi connectivity index (χ3n) is 2.98. The molecule has 0 unspecified atom stereocenters. The number of halogens is 2. The summed E-state index contributed by atoms with van der Waals surface area (Å²) >= 11 is 14.5. The first-order chi connectivity index (χ1) is 8.65. The Bertz CT molecular complexity index is 435. The highest BCUT2D eigenvalue weighted by Gasteiger charge is 2.14. The van der Waals surface area contributed by atoms with E-state index in [1.165, 1.54) is 32.1 Å². The van der Waals surface area contributed by atoms with Gasteiger partial charge in [0.15, 0.2) is 5.11 Å². The van der Waals surface area contributed by atoms with Crippen LogP contribution in [-0.2, 0) is 0 Å². The van der Waals surface area contributed by atoms with Crippen molar-refractivity contribution in [1.29, 1.82) is 0 Å². The minimum atomic E-state index is 0.491. The summed E-state index contributed by atoms with van der Waals surface area (Å²) in [4.78, 5) is 4.19. The predicted octanol–water partition coefficient (Wildman–Crippen LogP) is 4.12. The molecule has 1 heterocycles. The zero-order valence-corrected chi connectivity index (χ0v) is 13.0. The van der Waals surface area contributed by atoms with Gasteiger partial charge in [-0.05, 0) is 47.1 Å². The fraction of sp³-hybridized carbons (Fsp3) is 0.500. The fourth-order valence-electron chi connectivity index (χ4n) is 2.08. The van der Waals surface area contributed by atoms with E-state index in [2.05, 4.69) is 31.5 Å². The van der Waals surface area contributed by atoms with Gasteiger partial charge in [0.1, 0.15) is 5.82 Å². The maximum atomic E-state index is 5.84. The molecule has 0 bridgehead atoms. The van der Waals surface area contributed by atoms with Gasteiger partial charge in [0, 0.05) is 12.2 Å². The molecule has 1 aromatic rings. The van der Waals surface area contributed by atoms with Gasteiger partial charge in [-0.25, -0.2) is 4.98 Å². The van der Waals surface area contributed by atoms with Gasteiger partial charge in [0.25, 0.3) is 0 Å². The van der Waals surface area contributed by atoms with E-state index < -0.39 is 0 Å². The van der Waals surface area contributed by atoms with Crippen molar-refractivity contribution in [3.63, 3.8) is 0 Å². The number of hydrogen-bond acceptors (Lipinski definition) is 2. The van der Waals surface area contributed by atoms with Gasteiger partial charge in [-0.1, -0.05) is 30.9 Å². The summed E-state index contributed by atoms with van der Waals surface area (Å²) in [7, 11) is 0. The summed E-state index contributed by atoms with van der Waals surface area (Å²) < 4.78 is 0.808. The predicted molar refractivity (Wildman–Crippen MR) is 83.2 cm³/mol. The van der Waals surface area contributed by atoms with E-state index >= 15 is 0 Å². The lowest BCUT2D eigenvalue weighted by atomic mass is 9.96. The number of thiocarbonyl (C=S) groups is 1. The van der Waals surface area contributed by atoms with Gasteiger partial charge in [-0.15, -0.1) is 0 Å². The Balaban J connectivity index is 1.90. The number of nitrogens with zero attached hydrogens (tertiary/aromatic N) is 1. The molecule has 1 saturated carbocycles. The standard InChI is InChI=1S/C12H15BrClN3S/c13-10-6-8(14)7-15-11(10)17-12(18)16-9-4-2-1-3-5-9/h6-7,9H,1-5H2,(H2,15,16,17,18). The zero-order valence-electron chi connectivity index (χ0n) is 9.88. The molecule has 2 rings (SSSR count). The largest absolute Gasteiger partial charge is 0.360 e. The molecule has 0 aromatic carbocycles. The number of pyridine rings is 1. The molecule has 1 aromatic heterocycles. The van der Waals surface area contributed by atoms with Crippen LogP contribution in [0, 0.1) is 0 Å². The van der Waals surface area contributed by atoms with Crippen molar-refractivity contribution in [3.8, 4) is 0 Å². The van der Waals surface area contributed by atoms with Crippen molar-refractivity contribution >= 4 is 50.7 Å². The molecule has 0 saturated heterocycles. The number of nitrogens with one attached hydrogen (secondary N) is 2. The first kappa shape index (κ1) is 14.0. The highest BCUT2D eigenvalue weighted by Crippen LogP contribution is 2.23. The molecule has 0 spiro atoms. The van der Waals surface area contributed by atoms with Gasteiger partial charge >= 0.3 is 0 Å².